The largest absolute Gasteiger partial charge is 0.317 e. The lowest BCUT2D eigenvalue weighted by molar-refractivity contribution is 0.191. The predicted octanol–water partition coefficient (Wildman–Crippen LogP) is 2.77. The summed E-state index contributed by atoms with van der Waals surface area (Å²) in [6.45, 7) is 2.98. The number of piperidine rings is 1. The quantitative estimate of drug-likeness (QED) is 0.923. The van der Waals surface area contributed by atoms with Crippen LogP contribution in [0, 0.1) is 5.82 Å². The van der Waals surface area contributed by atoms with Crippen molar-refractivity contribution < 1.29 is 4.39 Å². The molecule has 0 saturated carbocycles. The number of halogens is 2. The second-order valence-corrected chi connectivity index (χ2v) is 5.59. The minimum Gasteiger partial charge on any atom is -0.317 e. The third-order valence-corrected chi connectivity index (χ3v) is 3.74. The first-order valence-corrected chi connectivity index (χ1v) is 6.80. The molecule has 1 N–H and O–H groups in total. The van der Waals surface area contributed by atoms with Gasteiger partial charge in [-0.1, -0.05) is 15.9 Å². The van der Waals surface area contributed by atoms with E-state index in [0.717, 1.165) is 29.7 Å². The van der Waals surface area contributed by atoms with Crippen molar-refractivity contribution in [1.82, 2.24) is 10.2 Å². The van der Waals surface area contributed by atoms with Gasteiger partial charge in [0.1, 0.15) is 5.82 Å². The van der Waals surface area contributed by atoms with Crippen LogP contribution in [-0.4, -0.2) is 31.1 Å². The Morgan fingerprint density at radius 3 is 2.71 bits per heavy atom. The Morgan fingerprint density at radius 1 is 1.35 bits per heavy atom. The highest BCUT2D eigenvalue weighted by atomic mass is 79.9. The van der Waals surface area contributed by atoms with Crippen molar-refractivity contribution >= 4 is 15.9 Å². The fraction of sp³-hybridized carbons (Fsp3) is 0.538. The van der Waals surface area contributed by atoms with E-state index >= 15 is 0 Å². The molecule has 2 rings (SSSR count). The smallest absolute Gasteiger partial charge is 0.124 e. The molecular weight excluding hydrogens is 283 g/mol. The molecule has 0 amide bonds. The third-order valence-electron chi connectivity index (χ3n) is 3.29. The van der Waals surface area contributed by atoms with Crippen molar-refractivity contribution in [2.24, 2.45) is 0 Å². The van der Waals surface area contributed by atoms with Gasteiger partial charge >= 0.3 is 0 Å². The van der Waals surface area contributed by atoms with Crippen LogP contribution in [0.3, 0.4) is 0 Å². The van der Waals surface area contributed by atoms with Crippen LogP contribution in [0.15, 0.2) is 22.7 Å². The summed E-state index contributed by atoms with van der Waals surface area (Å²) in [5.74, 6) is -0.173. The molecule has 1 aliphatic heterocycles. The molecule has 0 unspecified atom stereocenters. The van der Waals surface area contributed by atoms with E-state index in [4.69, 9.17) is 0 Å². The van der Waals surface area contributed by atoms with Crippen LogP contribution >= 0.6 is 15.9 Å². The van der Waals surface area contributed by atoms with E-state index in [0.29, 0.717) is 6.04 Å². The van der Waals surface area contributed by atoms with Crippen molar-refractivity contribution in [1.29, 1.82) is 0 Å². The van der Waals surface area contributed by atoms with E-state index < -0.39 is 0 Å². The molecule has 4 heteroatoms. The van der Waals surface area contributed by atoms with Crippen LogP contribution in [0.5, 0.6) is 0 Å². The lowest BCUT2D eigenvalue weighted by Gasteiger charge is -2.31. The van der Waals surface area contributed by atoms with E-state index in [1.54, 1.807) is 6.07 Å². The number of benzene rings is 1. The van der Waals surface area contributed by atoms with Gasteiger partial charge in [0.25, 0.3) is 0 Å². The summed E-state index contributed by atoms with van der Waals surface area (Å²) in [5.41, 5.74) is 1.03. The van der Waals surface area contributed by atoms with Crippen LogP contribution in [0.2, 0.25) is 0 Å². The zero-order chi connectivity index (χ0) is 12.3. The van der Waals surface area contributed by atoms with Crippen LogP contribution in [0.4, 0.5) is 4.39 Å². The van der Waals surface area contributed by atoms with Crippen molar-refractivity contribution in [3.05, 3.63) is 34.1 Å². The first-order valence-electron chi connectivity index (χ1n) is 6.01. The zero-order valence-electron chi connectivity index (χ0n) is 10.0. The monoisotopic (exact) mass is 300 g/mol. The van der Waals surface area contributed by atoms with Gasteiger partial charge in [0.15, 0.2) is 0 Å². The first-order chi connectivity index (χ1) is 8.15. The summed E-state index contributed by atoms with van der Waals surface area (Å²) in [4.78, 5) is 2.32. The maximum absolute atomic E-state index is 13.3. The molecule has 1 heterocycles. The van der Waals surface area contributed by atoms with Gasteiger partial charge in [-0.2, -0.15) is 0 Å². The average molecular weight is 301 g/mol. The fourth-order valence-corrected chi connectivity index (χ4v) is 2.88. The Kier molecular flexibility index (Phi) is 4.54. The molecule has 0 bridgehead atoms. The van der Waals surface area contributed by atoms with Crippen molar-refractivity contribution in [3.63, 3.8) is 0 Å². The molecule has 1 aliphatic rings. The maximum atomic E-state index is 13.3. The molecule has 2 nitrogen and oxygen atoms in total. The Morgan fingerprint density at radius 2 is 2.06 bits per heavy atom. The minimum absolute atomic E-state index is 0.173. The molecule has 1 saturated heterocycles. The highest BCUT2D eigenvalue weighted by Gasteiger charge is 2.17. The van der Waals surface area contributed by atoms with E-state index in [9.17, 15) is 4.39 Å². The highest BCUT2D eigenvalue weighted by Crippen LogP contribution is 2.18. The Hall–Kier alpha value is -0.450. The van der Waals surface area contributed by atoms with Gasteiger partial charge in [0.2, 0.25) is 0 Å². The summed E-state index contributed by atoms with van der Waals surface area (Å²) >= 11 is 3.33. The molecule has 0 radical (unpaired) electrons. The number of nitrogens with zero attached hydrogens (tertiary/aromatic N) is 1. The van der Waals surface area contributed by atoms with Crippen LogP contribution < -0.4 is 5.32 Å². The summed E-state index contributed by atoms with van der Waals surface area (Å²) < 4.78 is 14.1. The van der Waals surface area contributed by atoms with Crippen molar-refractivity contribution in [3.8, 4) is 0 Å². The van der Waals surface area contributed by atoms with Gasteiger partial charge in [0.05, 0.1) is 0 Å². The van der Waals surface area contributed by atoms with E-state index in [1.807, 2.05) is 6.07 Å². The van der Waals surface area contributed by atoms with E-state index in [1.165, 1.54) is 18.9 Å². The molecule has 0 aromatic heterocycles. The second kappa shape index (κ2) is 5.94. The molecule has 1 aromatic carbocycles. The summed E-state index contributed by atoms with van der Waals surface area (Å²) in [7, 11) is 2.12. The lowest BCUT2D eigenvalue weighted by atomic mass is 10.0. The third kappa shape index (κ3) is 3.76. The topological polar surface area (TPSA) is 15.3 Å². The average Bonchev–Trinajstić information content (AvgIpc) is 2.28. The van der Waals surface area contributed by atoms with Crippen LogP contribution in [0.1, 0.15) is 18.4 Å². The standard InChI is InChI=1S/C13H18BrFN2/c1-17(13-2-4-16-5-3-13)9-10-6-11(14)8-12(15)7-10/h6-8,13,16H,2-5,9H2,1H3. The lowest BCUT2D eigenvalue weighted by Crippen LogP contribution is -2.40. The van der Waals surface area contributed by atoms with Gasteiger partial charge in [-0.05, 0) is 56.7 Å². The summed E-state index contributed by atoms with van der Waals surface area (Å²) in [6, 6.07) is 5.70. The van der Waals surface area contributed by atoms with E-state index in [2.05, 4.69) is 33.2 Å². The SMILES string of the molecule is CN(Cc1cc(F)cc(Br)c1)C1CCNCC1. The number of hydrogen-bond acceptors (Lipinski definition) is 2. The summed E-state index contributed by atoms with van der Waals surface area (Å²) in [5, 5.41) is 3.36. The maximum Gasteiger partial charge on any atom is 0.124 e. The van der Waals surface area contributed by atoms with Crippen molar-refractivity contribution in [2.45, 2.75) is 25.4 Å². The zero-order valence-corrected chi connectivity index (χ0v) is 11.6. The molecule has 1 aromatic rings. The second-order valence-electron chi connectivity index (χ2n) is 4.67. The van der Waals surface area contributed by atoms with Gasteiger partial charge < -0.3 is 5.32 Å². The fourth-order valence-electron chi connectivity index (χ4n) is 2.37. The number of rotatable bonds is 3. The molecule has 0 spiro atoms. The molecular formula is C13H18BrFN2. The van der Waals surface area contributed by atoms with Gasteiger partial charge in [0, 0.05) is 17.1 Å². The Bertz CT molecular complexity index is 357. The Balaban J connectivity index is 1.99. The minimum atomic E-state index is -0.173. The number of nitrogens with one attached hydrogen (secondary N) is 1. The molecule has 0 aliphatic carbocycles. The van der Waals surface area contributed by atoms with Gasteiger partial charge in [-0.3, -0.25) is 4.90 Å². The molecule has 94 valence electrons. The van der Waals surface area contributed by atoms with Gasteiger partial charge in [-0.15, -0.1) is 0 Å². The molecule has 17 heavy (non-hydrogen) atoms. The number of hydrogen-bond donors (Lipinski definition) is 1. The van der Waals surface area contributed by atoms with Crippen molar-refractivity contribution in [2.75, 3.05) is 20.1 Å². The molecule has 1 fully saturated rings. The Labute approximate surface area is 110 Å². The predicted molar refractivity (Wildman–Crippen MR) is 71.5 cm³/mol. The van der Waals surface area contributed by atoms with Gasteiger partial charge in [-0.25, -0.2) is 4.39 Å². The van der Waals surface area contributed by atoms with Crippen LogP contribution in [0.25, 0.3) is 0 Å². The van der Waals surface area contributed by atoms with E-state index in [-0.39, 0.29) is 5.82 Å². The summed E-state index contributed by atoms with van der Waals surface area (Å²) in [6.07, 6.45) is 2.35. The first kappa shape index (κ1) is 13.0. The normalized spacial score (nSPS) is 17.6. The molecule has 0 atom stereocenters. The van der Waals surface area contributed by atoms with Crippen LogP contribution in [-0.2, 0) is 6.54 Å². The highest BCUT2D eigenvalue weighted by molar-refractivity contribution is 9.10.